The summed E-state index contributed by atoms with van der Waals surface area (Å²) in [6.07, 6.45) is 3.15. The van der Waals surface area contributed by atoms with Gasteiger partial charge >= 0.3 is 0 Å². The number of thiocarbonyl (C=S) groups is 1. The summed E-state index contributed by atoms with van der Waals surface area (Å²) in [5, 5.41) is 3.66. The van der Waals surface area contributed by atoms with Crippen LogP contribution in [0.15, 0.2) is 46.7 Å². The highest BCUT2D eigenvalue weighted by Crippen LogP contribution is 2.32. The van der Waals surface area contributed by atoms with Crippen molar-refractivity contribution in [1.29, 1.82) is 0 Å². The number of thioether (sulfide) groups is 1. The summed E-state index contributed by atoms with van der Waals surface area (Å²) in [4.78, 5) is 26.2. The molecule has 0 bridgehead atoms. The minimum absolute atomic E-state index is 0.162. The van der Waals surface area contributed by atoms with Gasteiger partial charge in [-0.25, -0.2) is 8.42 Å². The van der Waals surface area contributed by atoms with Gasteiger partial charge in [-0.3, -0.25) is 14.5 Å². The molecule has 2 heterocycles. The predicted molar refractivity (Wildman–Crippen MR) is 101 cm³/mol. The molecule has 1 aromatic rings. The molecule has 0 saturated carbocycles. The van der Waals surface area contributed by atoms with Crippen LogP contribution in [0.25, 0.3) is 6.08 Å². The van der Waals surface area contributed by atoms with E-state index in [0.717, 1.165) is 22.7 Å². The van der Waals surface area contributed by atoms with E-state index in [-0.39, 0.29) is 18.2 Å². The smallest absolute Gasteiger partial charge is 0.266 e. The lowest BCUT2D eigenvalue weighted by Crippen LogP contribution is -2.43. The van der Waals surface area contributed by atoms with Gasteiger partial charge in [0.1, 0.15) is 10.9 Å². The number of benzene rings is 1. The Hall–Kier alpha value is -1.97. The van der Waals surface area contributed by atoms with Crippen molar-refractivity contribution in [3.63, 3.8) is 0 Å². The van der Waals surface area contributed by atoms with Gasteiger partial charge in [0.2, 0.25) is 5.91 Å². The summed E-state index contributed by atoms with van der Waals surface area (Å²) in [5.74, 6) is -0.946. The molecule has 1 atom stereocenters. The van der Waals surface area contributed by atoms with Crippen molar-refractivity contribution in [2.24, 2.45) is 0 Å². The molecule has 9 heteroatoms. The Labute approximate surface area is 154 Å². The van der Waals surface area contributed by atoms with Gasteiger partial charge in [-0.1, -0.05) is 54.3 Å². The monoisotopic (exact) mass is 394 g/mol. The van der Waals surface area contributed by atoms with Crippen molar-refractivity contribution in [3.05, 3.63) is 52.3 Å². The Morgan fingerprint density at radius 2 is 2.08 bits per heavy atom. The van der Waals surface area contributed by atoms with E-state index < -0.39 is 21.8 Å². The molecule has 1 aromatic carbocycles. The molecule has 0 aliphatic carbocycles. The minimum Gasteiger partial charge on any atom is -0.347 e. The Morgan fingerprint density at radius 3 is 2.72 bits per heavy atom. The van der Waals surface area contributed by atoms with E-state index in [4.69, 9.17) is 12.2 Å². The lowest BCUT2D eigenvalue weighted by Gasteiger charge is -2.16. The number of hydrogen-bond acceptors (Lipinski definition) is 6. The van der Waals surface area contributed by atoms with Crippen LogP contribution >= 0.6 is 24.0 Å². The van der Waals surface area contributed by atoms with E-state index >= 15 is 0 Å². The molecule has 130 valence electrons. The summed E-state index contributed by atoms with van der Waals surface area (Å²) in [6, 6.07) is 8.77. The first-order valence-corrected chi connectivity index (χ1v) is 10.3. The zero-order valence-corrected chi connectivity index (χ0v) is 15.4. The molecule has 2 amide bonds. The summed E-state index contributed by atoms with van der Waals surface area (Å²) in [6.45, 7) is -0.235. The standard InChI is InChI=1S/C16H14N2O4S3/c19-14(17-12-6-7-25(21,22)10-12)9-18-15(20)13(24-16(18)23)8-11-4-2-1-3-5-11/h1-8,12H,9-10H2,(H,17,19)/b13-8+/t12-/m0/s1. The molecule has 0 aromatic heterocycles. The maximum absolute atomic E-state index is 12.5. The van der Waals surface area contributed by atoms with Gasteiger partial charge in [0.15, 0.2) is 9.84 Å². The molecule has 0 spiro atoms. The van der Waals surface area contributed by atoms with Crippen LogP contribution in [0.3, 0.4) is 0 Å². The van der Waals surface area contributed by atoms with Gasteiger partial charge in [0.25, 0.3) is 5.91 Å². The van der Waals surface area contributed by atoms with Crippen molar-refractivity contribution in [2.45, 2.75) is 6.04 Å². The highest BCUT2D eigenvalue weighted by Gasteiger charge is 2.34. The second-order valence-corrected chi connectivity index (χ2v) is 9.12. The van der Waals surface area contributed by atoms with E-state index in [2.05, 4.69) is 5.32 Å². The topological polar surface area (TPSA) is 83.6 Å². The molecule has 2 aliphatic heterocycles. The minimum atomic E-state index is -3.25. The normalized spacial score (nSPS) is 23.4. The first kappa shape index (κ1) is 17.8. The van der Waals surface area contributed by atoms with Gasteiger partial charge in [-0.2, -0.15) is 0 Å². The average Bonchev–Trinajstić information content (AvgIpc) is 3.02. The SMILES string of the molecule is O=C(CN1C(=O)/C(=C\c2ccccc2)SC1=S)N[C@H]1C=CS(=O)(=O)C1. The maximum atomic E-state index is 12.5. The molecule has 3 rings (SSSR count). The lowest BCUT2D eigenvalue weighted by molar-refractivity contribution is -0.128. The second kappa shape index (κ2) is 7.11. The molecular weight excluding hydrogens is 380 g/mol. The Morgan fingerprint density at radius 1 is 1.36 bits per heavy atom. The molecule has 0 radical (unpaired) electrons. The molecule has 0 unspecified atom stereocenters. The van der Waals surface area contributed by atoms with E-state index in [9.17, 15) is 18.0 Å². The largest absolute Gasteiger partial charge is 0.347 e. The second-order valence-electron chi connectivity index (χ2n) is 5.51. The van der Waals surface area contributed by atoms with Gasteiger partial charge in [-0.05, 0) is 17.7 Å². The van der Waals surface area contributed by atoms with Gasteiger partial charge in [0.05, 0.1) is 16.7 Å². The Balaban J connectivity index is 1.64. The van der Waals surface area contributed by atoms with Crippen LogP contribution in [0.4, 0.5) is 0 Å². The zero-order valence-electron chi connectivity index (χ0n) is 12.9. The summed E-state index contributed by atoms with van der Waals surface area (Å²) >= 11 is 6.33. The van der Waals surface area contributed by atoms with Crippen molar-refractivity contribution in [2.75, 3.05) is 12.3 Å². The molecule has 1 N–H and O–H groups in total. The number of carbonyl (C=O) groups is 2. The molecular formula is C16H14N2O4S3. The van der Waals surface area contributed by atoms with Crippen molar-refractivity contribution < 1.29 is 18.0 Å². The summed E-state index contributed by atoms with van der Waals surface area (Å²) in [7, 11) is -3.25. The predicted octanol–water partition coefficient (Wildman–Crippen LogP) is 1.31. The van der Waals surface area contributed by atoms with Crippen LogP contribution in [-0.2, 0) is 19.4 Å². The number of nitrogens with zero attached hydrogens (tertiary/aromatic N) is 1. The number of rotatable bonds is 4. The van der Waals surface area contributed by atoms with Crippen molar-refractivity contribution in [3.8, 4) is 0 Å². The third-order valence-corrected chi connectivity index (χ3v) is 6.32. The van der Waals surface area contributed by atoms with E-state index in [1.807, 2.05) is 30.3 Å². The Bertz CT molecular complexity index is 891. The average molecular weight is 394 g/mol. The third kappa shape index (κ3) is 4.36. The zero-order chi connectivity index (χ0) is 18.0. The quantitative estimate of drug-likeness (QED) is 0.613. The molecule has 1 fully saturated rings. The van der Waals surface area contributed by atoms with Crippen LogP contribution in [0.1, 0.15) is 5.56 Å². The molecule has 1 saturated heterocycles. The van der Waals surface area contributed by atoms with Crippen LogP contribution in [0.5, 0.6) is 0 Å². The Kier molecular flexibility index (Phi) is 5.07. The fraction of sp³-hybridized carbons (Fsp3) is 0.188. The van der Waals surface area contributed by atoms with E-state index in [0.29, 0.717) is 9.23 Å². The maximum Gasteiger partial charge on any atom is 0.266 e. The van der Waals surface area contributed by atoms with Crippen molar-refractivity contribution >= 4 is 56.0 Å². The van der Waals surface area contributed by atoms with E-state index in [1.165, 1.54) is 11.0 Å². The van der Waals surface area contributed by atoms with Gasteiger partial charge in [0, 0.05) is 5.41 Å². The van der Waals surface area contributed by atoms with Crippen LogP contribution < -0.4 is 5.32 Å². The number of amides is 2. The summed E-state index contributed by atoms with van der Waals surface area (Å²) in [5.41, 5.74) is 0.869. The van der Waals surface area contributed by atoms with E-state index in [1.54, 1.807) is 6.08 Å². The number of nitrogens with one attached hydrogen (secondary N) is 1. The van der Waals surface area contributed by atoms with Gasteiger partial charge in [-0.15, -0.1) is 0 Å². The van der Waals surface area contributed by atoms with Crippen LogP contribution in [0.2, 0.25) is 0 Å². The van der Waals surface area contributed by atoms with Crippen molar-refractivity contribution in [1.82, 2.24) is 10.2 Å². The van der Waals surface area contributed by atoms with Gasteiger partial charge < -0.3 is 5.32 Å². The first-order chi connectivity index (χ1) is 11.8. The highest BCUT2D eigenvalue weighted by molar-refractivity contribution is 8.26. The fourth-order valence-electron chi connectivity index (χ4n) is 2.40. The number of hydrogen-bond donors (Lipinski definition) is 1. The van der Waals surface area contributed by atoms with Crippen LogP contribution in [-0.4, -0.2) is 47.8 Å². The number of sulfone groups is 1. The number of carbonyl (C=O) groups excluding carboxylic acids is 2. The molecule has 6 nitrogen and oxygen atoms in total. The highest BCUT2D eigenvalue weighted by atomic mass is 32.2. The molecule has 25 heavy (non-hydrogen) atoms. The third-order valence-electron chi connectivity index (χ3n) is 3.55. The first-order valence-electron chi connectivity index (χ1n) is 7.35. The fourth-order valence-corrected chi connectivity index (χ4v) is 4.89. The molecule has 2 aliphatic rings. The summed E-state index contributed by atoms with van der Waals surface area (Å²) < 4.78 is 23.0. The van der Waals surface area contributed by atoms with Crippen LogP contribution in [0, 0.1) is 0 Å². The lowest BCUT2D eigenvalue weighted by atomic mass is 10.2.